The molecule has 1 saturated heterocycles. The Bertz CT molecular complexity index is 284. The third kappa shape index (κ3) is 4.48. The highest BCUT2D eigenvalue weighted by Gasteiger charge is 2.32. The fraction of sp³-hybridized carbons (Fsp3) is 0.929. The van der Waals surface area contributed by atoms with Gasteiger partial charge in [0.15, 0.2) is 0 Å². The van der Waals surface area contributed by atoms with Crippen LogP contribution >= 0.6 is 0 Å². The Kier molecular flexibility index (Phi) is 5.02. The Balaban J connectivity index is 2.66. The zero-order chi connectivity index (χ0) is 13.9. The molecular weight excluding hydrogens is 228 g/mol. The van der Waals surface area contributed by atoms with Crippen molar-refractivity contribution < 1.29 is 9.53 Å². The van der Waals surface area contributed by atoms with Crippen molar-refractivity contribution in [2.45, 2.75) is 65.6 Å². The number of hydrogen-bond acceptors (Lipinski definition) is 3. The molecule has 0 aromatic carbocycles. The summed E-state index contributed by atoms with van der Waals surface area (Å²) in [5.74, 6) is 0.518. The number of carbonyl (C=O) groups is 1. The quantitative estimate of drug-likeness (QED) is 0.826. The summed E-state index contributed by atoms with van der Waals surface area (Å²) >= 11 is 0. The van der Waals surface area contributed by atoms with Crippen LogP contribution in [0.2, 0.25) is 0 Å². The lowest BCUT2D eigenvalue weighted by atomic mass is 9.98. The Labute approximate surface area is 111 Å². The number of ether oxygens (including phenoxy) is 1. The van der Waals surface area contributed by atoms with Crippen molar-refractivity contribution in [2.75, 3.05) is 13.1 Å². The van der Waals surface area contributed by atoms with Crippen molar-refractivity contribution in [2.24, 2.45) is 5.92 Å². The van der Waals surface area contributed by atoms with Crippen LogP contribution in [-0.2, 0) is 4.74 Å². The molecule has 0 saturated carbocycles. The van der Waals surface area contributed by atoms with Gasteiger partial charge in [0.05, 0.1) is 0 Å². The minimum Gasteiger partial charge on any atom is -0.444 e. The first kappa shape index (κ1) is 15.3. The van der Waals surface area contributed by atoms with Crippen LogP contribution in [0.4, 0.5) is 4.79 Å². The van der Waals surface area contributed by atoms with Crippen molar-refractivity contribution >= 4 is 6.09 Å². The zero-order valence-corrected chi connectivity index (χ0v) is 12.6. The van der Waals surface area contributed by atoms with Crippen molar-refractivity contribution in [1.82, 2.24) is 10.2 Å². The van der Waals surface area contributed by atoms with Crippen LogP contribution < -0.4 is 5.32 Å². The van der Waals surface area contributed by atoms with Crippen LogP contribution in [0.15, 0.2) is 0 Å². The van der Waals surface area contributed by atoms with E-state index in [-0.39, 0.29) is 6.09 Å². The van der Waals surface area contributed by atoms with Crippen LogP contribution in [0.5, 0.6) is 0 Å². The van der Waals surface area contributed by atoms with Gasteiger partial charge < -0.3 is 15.0 Å². The smallest absolute Gasteiger partial charge is 0.410 e. The maximum atomic E-state index is 12.1. The third-order valence-electron chi connectivity index (χ3n) is 3.26. The normalized spacial score (nSPS) is 25.4. The van der Waals surface area contributed by atoms with E-state index in [0.29, 0.717) is 18.0 Å². The van der Waals surface area contributed by atoms with Crippen molar-refractivity contribution in [3.05, 3.63) is 0 Å². The third-order valence-corrected chi connectivity index (χ3v) is 3.26. The lowest BCUT2D eigenvalue weighted by Crippen LogP contribution is -2.59. The average molecular weight is 256 g/mol. The maximum absolute atomic E-state index is 12.1. The SMILES string of the molecule is CCC1CN(C(=O)OC(C)(C)C)C[C@@H](C(C)C)N1. The molecule has 0 aromatic heterocycles. The molecule has 18 heavy (non-hydrogen) atoms. The molecule has 4 nitrogen and oxygen atoms in total. The first-order valence-electron chi connectivity index (χ1n) is 6.97. The molecule has 0 spiro atoms. The lowest BCUT2D eigenvalue weighted by molar-refractivity contribution is 0.0129. The molecule has 1 aliphatic heterocycles. The van der Waals surface area contributed by atoms with E-state index < -0.39 is 5.60 Å². The number of piperazine rings is 1. The summed E-state index contributed by atoms with van der Waals surface area (Å²) in [5, 5.41) is 3.60. The average Bonchev–Trinajstić information content (AvgIpc) is 2.26. The second kappa shape index (κ2) is 5.91. The monoisotopic (exact) mass is 256 g/mol. The molecule has 2 atom stereocenters. The van der Waals surface area contributed by atoms with E-state index in [1.165, 1.54) is 0 Å². The summed E-state index contributed by atoms with van der Waals surface area (Å²) < 4.78 is 5.46. The van der Waals surface area contributed by atoms with Gasteiger partial charge in [0.2, 0.25) is 0 Å². The lowest BCUT2D eigenvalue weighted by Gasteiger charge is -2.40. The van der Waals surface area contributed by atoms with E-state index in [9.17, 15) is 4.79 Å². The van der Waals surface area contributed by atoms with Gasteiger partial charge in [-0.15, -0.1) is 0 Å². The molecule has 0 aliphatic carbocycles. The van der Waals surface area contributed by atoms with Crippen LogP contribution in [0.1, 0.15) is 48.0 Å². The van der Waals surface area contributed by atoms with Crippen LogP contribution in [0.3, 0.4) is 0 Å². The van der Waals surface area contributed by atoms with Crippen LogP contribution in [0.25, 0.3) is 0 Å². The summed E-state index contributed by atoms with van der Waals surface area (Å²) in [6.45, 7) is 13.7. The fourth-order valence-electron chi connectivity index (χ4n) is 2.11. The Morgan fingerprint density at radius 2 is 2.00 bits per heavy atom. The molecule has 1 rings (SSSR count). The van der Waals surface area contributed by atoms with Crippen LogP contribution in [-0.4, -0.2) is 41.8 Å². The zero-order valence-electron chi connectivity index (χ0n) is 12.6. The summed E-state index contributed by atoms with van der Waals surface area (Å²) in [7, 11) is 0. The molecule has 106 valence electrons. The van der Waals surface area contributed by atoms with Gasteiger partial charge >= 0.3 is 6.09 Å². The second-order valence-corrected chi connectivity index (χ2v) is 6.51. The predicted octanol–water partition coefficient (Wildman–Crippen LogP) is 2.63. The minimum absolute atomic E-state index is 0.187. The van der Waals surface area contributed by atoms with E-state index in [1.807, 2.05) is 25.7 Å². The van der Waals surface area contributed by atoms with Gasteiger partial charge in [-0.1, -0.05) is 20.8 Å². The minimum atomic E-state index is -0.420. The first-order valence-corrected chi connectivity index (χ1v) is 6.97. The van der Waals surface area contributed by atoms with E-state index in [0.717, 1.165) is 19.5 Å². The van der Waals surface area contributed by atoms with Crippen molar-refractivity contribution in [3.63, 3.8) is 0 Å². The van der Waals surface area contributed by atoms with E-state index >= 15 is 0 Å². The summed E-state index contributed by atoms with van der Waals surface area (Å²) in [6.07, 6.45) is 0.843. The van der Waals surface area contributed by atoms with Gasteiger partial charge in [0.1, 0.15) is 5.60 Å². The van der Waals surface area contributed by atoms with Gasteiger partial charge in [0, 0.05) is 25.2 Å². The molecule has 1 amide bonds. The Hall–Kier alpha value is -0.770. The number of amides is 1. The second-order valence-electron chi connectivity index (χ2n) is 6.51. The molecule has 4 heteroatoms. The number of hydrogen-bond donors (Lipinski definition) is 1. The summed E-state index contributed by atoms with van der Waals surface area (Å²) in [5.41, 5.74) is -0.420. The molecule has 1 unspecified atom stereocenters. The summed E-state index contributed by atoms with van der Waals surface area (Å²) in [6, 6.07) is 0.731. The Morgan fingerprint density at radius 1 is 1.39 bits per heavy atom. The molecule has 1 fully saturated rings. The fourth-order valence-corrected chi connectivity index (χ4v) is 2.11. The molecule has 1 aliphatic rings. The number of nitrogens with zero attached hydrogens (tertiary/aromatic N) is 1. The largest absolute Gasteiger partial charge is 0.444 e. The van der Waals surface area contributed by atoms with Gasteiger partial charge in [-0.3, -0.25) is 0 Å². The van der Waals surface area contributed by atoms with Crippen molar-refractivity contribution in [1.29, 1.82) is 0 Å². The molecule has 0 radical (unpaired) electrons. The maximum Gasteiger partial charge on any atom is 0.410 e. The first-order chi connectivity index (χ1) is 8.23. The Morgan fingerprint density at radius 3 is 2.44 bits per heavy atom. The molecule has 0 bridgehead atoms. The molecule has 0 aromatic rings. The van der Waals surface area contributed by atoms with E-state index in [4.69, 9.17) is 4.74 Å². The number of carbonyl (C=O) groups excluding carboxylic acids is 1. The molecule has 1 heterocycles. The topological polar surface area (TPSA) is 41.6 Å². The van der Waals surface area contributed by atoms with Gasteiger partial charge in [-0.2, -0.15) is 0 Å². The van der Waals surface area contributed by atoms with Gasteiger partial charge in [-0.25, -0.2) is 4.79 Å². The van der Waals surface area contributed by atoms with Gasteiger partial charge in [-0.05, 0) is 33.1 Å². The molecular formula is C14H28N2O2. The van der Waals surface area contributed by atoms with Crippen molar-refractivity contribution in [3.8, 4) is 0 Å². The van der Waals surface area contributed by atoms with E-state index in [1.54, 1.807) is 0 Å². The molecule has 1 N–H and O–H groups in total. The number of nitrogens with one attached hydrogen (secondary N) is 1. The highest BCUT2D eigenvalue weighted by Crippen LogP contribution is 2.16. The van der Waals surface area contributed by atoms with Gasteiger partial charge in [0.25, 0.3) is 0 Å². The predicted molar refractivity (Wildman–Crippen MR) is 73.6 cm³/mol. The van der Waals surface area contributed by atoms with E-state index in [2.05, 4.69) is 26.1 Å². The number of rotatable bonds is 2. The highest BCUT2D eigenvalue weighted by molar-refractivity contribution is 5.68. The highest BCUT2D eigenvalue weighted by atomic mass is 16.6. The van der Waals surface area contributed by atoms with Crippen LogP contribution in [0, 0.1) is 5.92 Å². The summed E-state index contributed by atoms with van der Waals surface area (Å²) in [4.78, 5) is 14.0. The standard InChI is InChI=1S/C14H28N2O2/c1-7-11-8-16(9-12(15-11)10(2)3)13(17)18-14(4,5)6/h10-12,15H,7-9H2,1-6H3/t11?,12-/m0/s1.